The molecule has 5 nitrogen and oxygen atoms in total. The quantitative estimate of drug-likeness (QED) is 0.881. The fraction of sp³-hybridized carbons (Fsp3) is 0.375. The largest absolute Gasteiger partial charge is 0.394 e. The number of nitrogens with zero attached hydrogens (tertiary/aromatic N) is 2. The molecule has 7 heteroatoms. The molecule has 2 aromatic rings. The van der Waals surface area contributed by atoms with Crippen LogP contribution in [0.25, 0.3) is 0 Å². The van der Waals surface area contributed by atoms with Gasteiger partial charge in [-0.05, 0) is 31.0 Å². The predicted molar refractivity (Wildman–Crippen MR) is 89.4 cm³/mol. The van der Waals surface area contributed by atoms with Crippen LogP contribution in [0.5, 0.6) is 0 Å². The lowest BCUT2D eigenvalue weighted by atomic mass is 10.1. The maximum atomic E-state index is 13.6. The zero-order chi connectivity index (χ0) is 17.0. The fourth-order valence-electron chi connectivity index (χ4n) is 1.90. The lowest BCUT2D eigenvalue weighted by molar-refractivity contribution is 0.166. The second-order valence-electron chi connectivity index (χ2n) is 5.46. The van der Waals surface area contributed by atoms with Crippen molar-refractivity contribution in [3.05, 3.63) is 46.2 Å². The lowest BCUT2D eigenvalue weighted by Gasteiger charge is -2.22. The summed E-state index contributed by atoms with van der Waals surface area (Å²) in [6, 6.07) is 4.55. The number of thiazole rings is 1. The van der Waals surface area contributed by atoms with Gasteiger partial charge in [0.25, 0.3) is 0 Å². The minimum atomic E-state index is -0.325. The second-order valence-corrected chi connectivity index (χ2v) is 6.58. The summed E-state index contributed by atoms with van der Waals surface area (Å²) in [5.74, 6) is -0.222. The molecule has 1 heterocycles. The maximum Gasteiger partial charge on any atom is 0.323 e. The molecule has 0 saturated heterocycles. The number of likely N-dealkylation sites (N-methyl/N-ethyl adjacent to an activating group) is 1. The van der Waals surface area contributed by atoms with Crippen LogP contribution in [0.2, 0.25) is 0 Å². The molecule has 0 aliphatic heterocycles. The Kier molecular flexibility index (Phi) is 5.68. The molecule has 0 aliphatic carbocycles. The van der Waals surface area contributed by atoms with Crippen LogP contribution < -0.4 is 5.32 Å². The Hall–Kier alpha value is -1.99. The molecule has 2 N–H and O–H groups in total. The van der Waals surface area contributed by atoms with Gasteiger partial charge in [-0.3, -0.25) is 5.32 Å². The van der Waals surface area contributed by atoms with Gasteiger partial charge in [-0.1, -0.05) is 12.1 Å². The topological polar surface area (TPSA) is 65.5 Å². The Morgan fingerprint density at radius 2 is 2.26 bits per heavy atom. The van der Waals surface area contributed by atoms with Crippen molar-refractivity contribution in [2.75, 3.05) is 19.0 Å². The van der Waals surface area contributed by atoms with Crippen LogP contribution in [0, 0.1) is 12.7 Å². The molecule has 0 unspecified atom stereocenters. The van der Waals surface area contributed by atoms with E-state index in [2.05, 4.69) is 10.3 Å². The average Bonchev–Trinajstić information content (AvgIpc) is 2.96. The minimum absolute atomic E-state index is 0.105. The zero-order valence-electron chi connectivity index (χ0n) is 13.3. The molecule has 124 valence electrons. The van der Waals surface area contributed by atoms with Crippen LogP contribution in [0.3, 0.4) is 0 Å². The molecule has 0 spiro atoms. The highest BCUT2D eigenvalue weighted by atomic mass is 32.1. The van der Waals surface area contributed by atoms with Gasteiger partial charge >= 0.3 is 6.03 Å². The van der Waals surface area contributed by atoms with Gasteiger partial charge in [0.1, 0.15) is 5.82 Å². The van der Waals surface area contributed by atoms with Crippen molar-refractivity contribution >= 4 is 22.5 Å². The molecule has 0 saturated carbocycles. The number of carbonyl (C=O) groups excluding carboxylic acids is 1. The number of aliphatic hydroxyl groups is 1. The number of aromatic nitrogens is 1. The van der Waals surface area contributed by atoms with E-state index < -0.39 is 0 Å². The normalized spacial score (nSPS) is 12.0. The number of hydrogen-bond donors (Lipinski definition) is 2. The van der Waals surface area contributed by atoms with E-state index in [-0.39, 0.29) is 24.5 Å². The van der Waals surface area contributed by atoms with Crippen molar-refractivity contribution in [3.8, 4) is 0 Å². The van der Waals surface area contributed by atoms with Crippen LogP contribution >= 0.6 is 11.3 Å². The van der Waals surface area contributed by atoms with Crippen molar-refractivity contribution in [2.24, 2.45) is 0 Å². The van der Waals surface area contributed by atoms with Crippen LogP contribution in [0.4, 0.5) is 14.3 Å². The Morgan fingerprint density at radius 1 is 1.52 bits per heavy atom. The molecule has 0 radical (unpaired) electrons. The van der Waals surface area contributed by atoms with Crippen molar-refractivity contribution in [3.63, 3.8) is 0 Å². The molecule has 0 aliphatic rings. The third kappa shape index (κ3) is 4.49. The maximum absolute atomic E-state index is 13.6. The number of aliphatic hydroxyl groups excluding tert-OH is 1. The third-order valence-corrected chi connectivity index (χ3v) is 4.54. The summed E-state index contributed by atoms with van der Waals surface area (Å²) in [4.78, 5) is 18.5. The Morgan fingerprint density at radius 3 is 2.91 bits per heavy atom. The molecule has 0 fully saturated rings. The van der Waals surface area contributed by atoms with Crippen LogP contribution in [-0.2, 0) is 6.42 Å². The number of carbonyl (C=O) groups is 1. The summed E-state index contributed by atoms with van der Waals surface area (Å²) in [5.41, 5.74) is 1.48. The Balaban J connectivity index is 2.00. The van der Waals surface area contributed by atoms with Crippen molar-refractivity contribution in [1.82, 2.24) is 9.88 Å². The molecule has 1 atom stereocenters. The summed E-state index contributed by atoms with van der Waals surface area (Å²) in [6.45, 7) is 3.37. The summed E-state index contributed by atoms with van der Waals surface area (Å²) in [5, 5.41) is 12.2. The van der Waals surface area contributed by atoms with Gasteiger partial charge in [0, 0.05) is 24.5 Å². The SMILES string of the molecule is Cc1ccc(Cc2cnc(NC(=O)N(C)[C@H](C)CO)s2)cc1F. The Bertz CT molecular complexity index is 690. The van der Waals surface area contributed by atoms with E-state index in [1.54, 1.807) is 33.2 Å². The Labute approximate surface area is 138 Å². The summed E-state index contributed by atoms with van der Waals surface area (Å²) in [7, 11) is 1.61. The highest BCUT2D eigenvalue weighted by molar-refractivity contribution is 7.15. The molecule has 2 rings (SSSR count). The average molecular weight is 337 g/mol. The summed E-state index contributed by atoms with van der Waals surface area (Å²) < 4.78 is 13.6. The van der Waals surface area contributed by atoms with Crippen molar-refractivity contribution < 1.29 is 14.3 Å². The number of nitrogens with one attached hydrogen (secondary N) is 1. The van der Waals surface area contributed by atoms with Gasteiger partial charge in [-0.2, -0.15) is 0 Å². The zero-order valence-corrected chi connectivity index (χ0v) is 14.2. The molecule has 23 heavy (non-hydrogen) atoms. The van der Waals surface area contributed by atoms with Gasteiger partial charge in [-0.15, -0.1) is 11.3 Å². The van der Waals surface area contributed by atoms with E-state index in [0.717, 1.165) is 10.4 Å². The van der Waals surface area contributed by atoms with Gasteiger partial charge in [0.2, 0.25) is 0 Å². The smallest absolute Gasteiger partial charge is 0.323 e. The standard InChI is InChI=1S/C16H20FN3O2S/c1-10-4-5-12(7-14(10)17)6-13-8-18-15(23-13)19-16(22)20(3)11(2)9-21/h4-5,7-8,11,21H,6,9H2,1-3H3,(H,18,19,22)/t11-/m1/s1. The monoisotopic (exact) mass is 337 g/mol. The molecule has 1 aromatic carbocycles. The fourth-order valence-corrected chi connectivity index (χ4v) is 2.73. The number of benzene rings is 1. The first-order chi connectivity index (χ1) is 10.9. The van der Waals surface area contributed by atoms with Crippen molar-refractivity contribution in [1.29, 1.82) is 0 Å². The highest BCUT2D eigenvalue weighted by Crippen LogP contribution is 2.22. The third-order valence-electron chi connectivity index (χ3n) is 3.63. The lowest BCUT2D eigenvalue weighted by Crippen LogP contribution is -2.40. The van der Waals surface area contributed by atoms with Crippen LogP contribution in [-0.4, -0.2) is 40.7 Å². The van der Waals surface area contributed by atoms with Crippen LogP contribution in [0.15, 0.2) is 24.4 Å². The van der Waals surface area contributed by atoms with Gasteiger partial charge < -0.3 is 10.0 Å². The van der Waals surface area contributed by atoms with Crippen LogP contribution in [0.1, 0.15) is 22.9 Å². The molecule has 1 aromatic heterocycles. The number of aryl methyl sites for hydroxylation is 1. The van der Waals surface area contributed by atoms with E-state index in [4.69, 9.17) is 5.11 Å². The summed E-state index contributed by atoms with van der Waals surface area (Å²) in [6.07, 6.45) is 2.24. The minimum Gasteiger partial charge on any atom is -0.394 e. The first-order valence-electron chi connectivity index (χ1n) is 7.25. The van der Waals surface area contributed by atoms with E-state index in [9.17, 15) is 9.18 Å². The number of hydrogen-bond acceptors (Lipinski definition) is 4. The molecule has 2 amide bonds. The van der Waals surface area contributed by atoms with Gasteiger partial charge in [0.05, 0.1) is 12.6 Å². The highest BCUT2D eigenvalue weighted by Gasteiger charge is 2.16. The predicted octanol–water partition coefficient (Wildman–Crippen LogP) is 3.03. The summed E-state index contributed by atoms with van der Waals surface area (Å²) >= 11 is 1.35. The van der Waals surface area contributed by atoms with E-state index in [1.807, 2.05) is 6.07 Å². The number of rotatable bonds is 5. The first-order valence-corrected chi connectivity index (χ1v) is 8.06. The van der Waals surface area contributed by atoms with E-state index in [0.29, 0.717) is 17.1 Å². The number of halogens is 1. The number of anilines is 1. The second kappa shape index (κ2) is 7.52. The van der Waals surface area contributed by atoms with E-state index in [1.165, 1.54) is 22.3 Å². The molecular formula is C16H20FN3O2S. The number of urea groups is 1. The first kappa shape index (κ1) is 17.4. The van der Waals surface area contributed by atoms with Gasteiger partial charge in [-0.25, -0.2) is 14.2 Å². The number of amides is 2. The molecular weight excluding hydrogens is 317 g/mol. The van der Waals surface area contributed by atoms with E-state index >= 15 is 0 Å². The van der Waals surface area contributed by atoms with Gasteiger partial charge in [0.15, 0.2) is 5.13 Å². The van der Waals surface area contributed by atoms with Crippen molar-refractivity contribution in [2.45, 2.75) is 26.3 Å². The molecule has 0 bridgehead atoms.